The predicted octanol–water partition coefficient (Wildman–Crippen LogP) is 4.01. The van der Waals surface area contributed by atoms with E-state index in [2.05, 4.69) is 15.9 Å². The second-order valence-corrected chi connectivity index (χ2v) is 5.27. The zero-order valence-corrected chi connectivity index (χ0v) is 11.7. The summed E-state index contributed by atoms with van der Waals surface area (Å²) in [5, 5.41) is 0. The smallest absolute Gasteiger partial charge is 0.182 e. The summed E-state index contributed by atoms with van der Waals surface area (Å²) in [6.07, 6.45) is 3.15. The molecule has 0 unspecified atom stereocenters. The lowest BCUT2D eigenvalue weighted by Crippen LogP contribution is -2.00. The van der Waals surface area contributed by atoms with Crippen LogP contribution in [0.4, 0.5) is 8.78 Å². The minimum Gasteiger partial charge on any atom is -0.323 e. The van der Waals surface area contributed by atoms with Crippen LogP contribution in [0.25, 0.3) is 16.6 Å². The first-order valence-electron chi connectivity index (χ1n) is 5.81. The molecule has 3 aromatic rings. The van der Waals surface area contributed by atoms with E-state index >= 15 is 0 Å². The molecule has 2 nitrogen and oxygen atoms in total. The van der Waals surface area contributed by atoms with Crippen molar-refractivity contribution in [1.29, 1.82) is 0 Å². The van der Waals surface area contributed by atoms with Gasteiger partial charge in [0.1, 0.15) is 11.6 Å². The number of benzene rings is 1. The number of hydrogen-bond donors (Lipinski definition) is 0. The topological polar surface area (TPSA) is 21.5 Å². The van der Waals surface area contributed by atoms with Crippen LogP contribution in [0.5, 0.6) is 0 Å². The fourth-order valence-electron chi connectivity index (χ4n) is 2.09. The molecule has 3 rings (SSSR count). The highest BCUT2D eigenvalue weighted by atomic mass is 79.9. The molecular formula is C15H8BrF2NO. The van der Waals surface area contributed by atoms with Gasteiger partial charge in [-0.3, -0.25) is 4.79 Å². The van der Waals surface area contributed by atoms with Crippen LogP contribution >= 0.6 is 15.9 Å². The summed E-state index contributed by atoms with van der Waals surface area (Å²) in [6.45, 7) is 0. The molecule has 0 radical (unpaired) electrons. The van der Waals surface area contributed by atoms with Crippen molar-refractivity contribution in [3.8, 4) is 11.1 Å². The Balaban J connectivity index is 2.25. The van der Waals surface area contributed by atoms with Crippen LogP contribution in [0.3, 0.4) is 0 Å². The van der Waals surface area contributed by atoms with Crippen LogP contribution in [-0.2, 0) is 0 Å². The van der Waals surface area contributed by atoms with E-state index in [9.17, 15) is 13.6 Å². The molecule has 1 aromatic carbocycles. The molecule has 0 saturated carbocycles. The molecule has 2 aromatic heterocycles. The highest BCUT2D eigenvalue weighted by Gasteiger charge is 2.13. The number of aromatic nitrogens is 1. The van der Waals surface area contributed by atoms with Crippen LogP contribution in [0.1, 0.15) is 0 Å². The van der Waals surface area contributed by atoms with E-state index in [0.717, 1.165) is 0 Å². The van der Waals surface area contributed by atoms with Gasteiger partial charge in [-0.1, -0.05) is 22.0 Å². The quantitative estimate of drug-likeness (QED) is 0.658. The first-order valence-corrected chi connectivity index (χ1v) is 6.61. The molecule has 0 spiro atoms. The van der Waals surface area contributed by atoms with Gasteiger partial charge in [0.05, 0.1) is 5.56 Å². The average molecular weight is 336 g/mol. The number of fused-ring (bicyclic) bond motifs is 1. The van der Waals surface area contributed by atoms with Crippen LogP contribution in [0.15, 0.2) is 58.1 Å². The summed E-state index contributed by atoms with van der Waals surface area (Å²) in [6, 6.07) is 8.52. The molecule has 0 amide bonds. The van der Waals surface area contributed by atoms with Crippen LogP contribution in [-0.4, -0.2) is 4.40 Å². The monoisotopic (exact) mass is 335 g/mol. The normalized spacial score (nSPS) is 10.9. The number of hydrogen-bond acceptors (Lipinski definition) is 1. The van der Waals surface area contributed by atoms with Crippen LogP contribution in [0, 0.1) is 11.6 Å². The van der Waals surface area contributed by atoms with Gasteiger partial charge in [0.25, 0.3) is 0 Å². The van der Waals surface area contributed by atoms with E-state index in [4.69, 9.17) is 0 Å². The molecule has 0 aliphatic heterocycles. The van der Waals surface area contributed by atoms with Gasteiger partial charge in [0.2, 0.25) is 0 Å². The summed E-state index contributed by atoms with van der Waals surface area (Å²) in [4.78, 5) is 11.2. The van der Waals surface area contributed by atoms with Gasteiger partial charge in [-0.05, 0) is 18.2 Å². The minimum atomic E-state index is -0.641. The largest absolute Gasteiger partial charge is 0.323 e. The van der Waals surface area contributed by atoms with Gasteiger partial charge < -0.3 is 4.40 Å². The van der Waals surface area contributed by atoms with Gasteiger partial charge in [-0.25, -0.2) is 8.78 Å². The van der Waals surface area contributed by atoms with Gasteiger partial charge in [-0.15, -0.1) is 0 Å². The molecule has 0 fully saturated rings. The summed E-state index contributed by atoms with van der Waals surface area (Å²) in [5.74, 6) is -1.28. The molecule has 0 N–H and O–H groups in total. The highest BCUT2D eigenvalue weighted by Crippen LogP contribution is 2.29. The number of rotatable bonds is 1. The lowest BCUT2D eigenvalue weighted by atomic mass is 10.1. The molecule has 0 saturated heterocycles. The van der Waals surface area contributed by atoms with E-state index in [-0.39, 0.29) is 11.0 Å². The van der Waals surface area contributed by atoms with Crippen molar-refractivity contribution in [3.05, 3.63) is 75.1 Å². The molecule has 0 aliphatic carbocycles. The molecule has 0 aliphatic rings. The molecule has 100 valence electrons. The van der Waals surface area contributed by atoms with E-state index in [1.54, 1.807) is 28.9 Å². The SMILES string of the molecule is O=c1ccn2cc(-c3c(F)cc(Br)cc3F)ccc2c1. The van der Waals surface area contributed by atoms with Crippen molar-refractivity contribution in [2.75, 3.05) is 0 Å². The molecule has 0 atom stereocenters. The van der Waals surface area contributed by atoms with Crippen LogP contribution in [0.2, 0.25) is 0 Å². The Morgan fingerprint density at radius 1 is 1.00 bits per heavy atom. The maximum atomic E-state index is 13.9. The third kappa shape index (κ3) is 2.25. The Morgan fingerprint density at radius 2 is 1.70 bits per heavy atom. The van der Waals surface area contributed by atoms with Gasteiger partial charge >= 0.3 is 0 Å². The molecule has 2 heterocycles. The van der Waals surface area contributed by atoms with Gasteiger partial charge in [-0.2, -0.15) is 0 Å². The number of nitrogens with zero attached hydrogens (tertiary/aromatic N) is 1. The molecular weight excluding hydrogens is 328 g/mol. The number of pyridine rings is 2. The molecule has 5 heteroatoms. The van der Waals surface area contributed by atoms with Crippen molar-refractivity contribution >= 4 is 21.4 Å². The highest BCUT2D eigenvalue weighted by molar-refractivity contribution is 9.10. The van der Waals surface area contributed by atoms with Crippen molar-refractivity contribution in [2.45, 2.75) is 0 Å². The van der Waals surface area contributed by atoms with Gasteiger partial charge in [0, 0.05) is 40.1 Å². The van der Waals surface area contributed by atoms with Crippen molar-refractivity contribution in [2.24, 2.45) is 0 Å². The Bertz CT molecular complexity index is 850. The minimum absolute atomic E-state index is 0.0891. The molecule has 20 heavy (non-hydrogen) atoms. The second-order valence-electron chi connectivity index (χ2n) is 4.36. The summed E-state index contributed by atoms with van der Waals surface area (Å²) >= 11 is 3.05. The standard InChI is InChI=1S/C15H8BrF2NO/c16-10-5-13(17)15(14(18)6-10)9-1-2-11-7-12(20)3-4-19(11)8-9/h1-8H. The van der Waals surface area contributed by atoms with E-state index in [1.165, 1.54) is 24.3 Å². The van der Waals surface area contributed by atoms with Crippen molar-refractivity contribution < 1.29 is 8.78 Å². The lowest BCUT2D eigenvalue weighted by molar-refractivity contribution is 0.588. The van der Waals surface area contributed by atoms with E-state index < -0.39 is 11.6 Å². The second kappa shape index (κ2) is 4.83. The number of halogens is 3. The first-order chi connectivity index (χ1) is 9.54. The zero-order valence-electron chi connectivity index (χ0n) is 10.1. The third-order valence-corrected chi connectivity index (χ3v) is 3.45. The Kier molecular flexibility index (Phi) is 3.14. The fraction of sp³-hybridized carbons (Fsp3) is 0. The summed E-state index contributed by atoms with van der Waals surface area (Å²) in [7, 11) is 0. The first kappa shape index (κ1) is 13.0. The Morgan fingerprint density at radius 3 is 2.40 bits per heavy atom. The summed E-state index contributed by atoms with van der Waals surface area (Å²) < 4.78 is 29.9. The van der Waals surface area contributed by atoms with E-state index in [1.807, 2.05) is 0 Å². The molecule has 0 bridgehead atoms. The Labute approximate surface area is 121 Å². The maximum absolute atomic E-state index is 13.9. The predicted molar refractivity (Wildman–Crippen MR) is 76.7 cm³/mol. The third-order valence-electron chi connectivity index (χ3n) is 3.00. The van der Waals surface area contributed by atoms with Crippen LogP contribution < -0.4 is 5.43 Å². The fourth-order valence-corrected chi connectivity index (χ4v) is 2.50. The average Bonchev–Trinajstić information content (AvgIpc) is 2.37. The maximum Gasteiger partial charge on any atom is 0.182 e. The summed E-state index contributed by atoms with van der Waals surface area (Å²) in [5.41, 5.74) is 0.871. The Hall–Kier alpha value is -2.01. The van der Waals surface area contributed by atoms with Crippen molar-refractivity contribution in [1.82, 2.24) is 4.40 Å². The van der Waals surface area contributed by atoms with E-state index in [0.29, 0.717) is 15.6 Å². The van der Waals surface area contributed by atoms with Gasteiger partial charge in [0.15, 0.2) is 5.43 Å². The lowest BCUT2D eigenvalue weighted by Gasteiger charge is -2.08. The zero-order chi connectivity index (χ0) is 14.3. The van der Waals surface area contributed by atoms with Crippen molar-refractivity contribution in [3.63, 3.8) is 0 Å².